The summed E-state index contributed by atoms with van der Waals surface area (Å²) in [5.74, 6) is -0.772. The highest BCUT2D eigenvalue weighted by Crippen LogP contribution is 2.40. The van der Waals surface area contributed by atoms with Gasteiger partial charge in [-0.05, 0) is 18.2 Å². The molecule has 1 atom stereocenters. The zero-order valence-corrected chi connectivity index (χ0v) is 14.1. The van der Waals surface area contributed by atoms with Crippen LogP contribution in [0.25, 0.3) is 0 Å². The zero-order chi connectivity index (χ0) is 18.9. The second kappa shape index (κ2) is 6.98. The second-order valence-electron chi connectivity index (χ2n) is 5.38. The second-order valence-corrected chi connectivity index (χ2v) is 6.63. The maximum atomic E-state index is 12.7. The minimum atomic E-state index is -4.50. The minimum absolute atomic E-state index is 0.0702. The molecule has 1 aromatic carbocycles. The first-order valence-corrected chi connectivity index (χ1v) is 8.23. The fourth-order valence-electron chi connectivity index (χ4n) is 2.21. The maximum Gasteiger partial charge on any atom is 0.416 e. The van der Waals surface area contributed by atoms with Crippen LogP contribution < -0.4 is 5.32 Å². The van der Waals surface area contributed by atoms with Crippen LogP contribution in [-0.2, 0) is 27.1 Å². The molecule has 0 saturated heterocycles. The summed E-state index contributed by atoms with van der Waals surface area (Å²) >= 11 is 1.01. The van der Waals surface area contributed by atoms with Gasteiger partial charge in [0.1, 0.15) is 0 Å². The molecule has 0 spiro atoms. The fraction of sp³-hybridized carbons (Fsp3) is 0.333. The number of alkyl halides is 3. The summed E-state index contributed by atoms with van der Waals surface area (Å²) in [6, 6.07) is 3.06. The third-order valence-electron chi connectivity index (χ3n) is 3.40. The number of hydrogen-bond donors (Lipinski definition) is 1. The molecule has 0 bridgehead atoms. The van der Waals surface area contributed by atoms with E-state index in [2.05, 4.69) is 15.5 Å². The number of carbonyl (C=O) groups excluding carboxylic acids is 2. The predicted octanol–water partition coefficient (Wildman–Crippen LogP) is 2.94. The first-order chi connectivity index (χ1) is 12.2. The molecule has 1 amide bonds. The van der Waals surface area contributed by atoms with Crippen LogP contribution in [0, 0.1) is 6.92 Å². The number of fused-ring (bicyclic) bond motifs is 1. The summed E-state index contributed by atoms with van der Waals surface area (Å²) in [7, 11) is 0. The molecule has 0 saturated carbocycles. The molecule has 26 heavy (non-hydrogen) atoms. The first kappa shape index (κ1) is 18.2. The molecule has 1 N–H and O–H groups in total. The molecule has 1 aliphatic rings. The van der Waals surface area contributed by atoms with E-state index in [4.69, 9.17) is 9.15 Å². The quantitative estimate of drug-likeness (QED) is 0.806. The van der Waals surface area contributed by atoms with Crippen LogP contribution in [0.1, 0.15) is 23.8 Å². The number of halogens is 3. The van der Waals surface area contributed by atoms with Crippen LogP contribution in [0.15, 0.2) is 27.5 Å². The SMILES string of the molecule is Cc1nnc(COC(=O)C[C@@H]2Sc3ccc(C(F)(F)F)cc3NC2=O)o1. The summed E-state index contributed by atoms with van der Waals surface area (Å²) in [6.07, 6.45) is -4.75. The molecule has 1 aromatic heterocycles. The Kier molecular flexibility index (Phi) is 4.90. The Morgan fingerprint density at radius 1 is 1.38 bits per heavy atom. The van der Waals surface area contributed by atoms with Crippen molar-refractivity contribution in [2.75, 3.05) is 5.32 Å². The number of nitrogens with zero attached hydrogens (tertiary/aromatic N) is 2. The van der Waals surface area contributed by atoms with Gasteiger partial charge >= 0.3 is 12.1 Å². The monoisotopic (exact) mass is 387 g/mol. The van der Waals surface area contributed by atoms with Crippen LogP contribution in [0.3, 0.4) is 0 Å². The topological polar surface area (TPSA) is 94.3 Å². The van der Waals surface area contributed by atoms with Gasteiger partial charge in [-0.25, -0.2) is 0 Å². The number of hydrogen-bond acceptors (Lipinski definition) is 7. The van der Waals surface area contributed by atoms with Gasteiger partial charge < -0.3 is 14.5 Å². The molecule has 11 heteroatoms. The average Bonchev–Trinajstić information content (AvgIpc) is 2.98. The van der Waals surface area contributed by atoms with Crippen LogP contribution in [0.2, 0.25) is 0 Å². The maximum absolute atomic E-state index is 12.7. The van der Waals surface area contributed by atoms with E-state index in [0.717, 1.165) is 23.9 Å². The normalized spacial score (nSPS) is 16.8. The van der Waals surface area contributed by atoms with Gasteiger partial charge in [0, 0.05) is 11.8 Å². The molecule has 0 aliphatic carbocycles. The zero-order valence-electron chi connectivity index (χ0n) is 13.3. The van der Waals surface area contributed by atoms with E-state index in [1.165, 1.54) is 6.07 Å². The lowest BCUT2D eigenvalue weighted by atomic mass is 10.1. The number of amides is 1. The molecule has 1 aliphatic heterocycles. The highest BCUT2D eigenvalue weighted by Gasteiger charge is 2.34. The lowest BCUT2D eigenvalue weighted by molar-refractivity contribution is -0.146. The summed E-state index contributed by atoms with van der Waals surface area (Å²) in [4.78, 5) is 24.4. The summed E-state index contributed by atoms with van der Waals surface area (Å²) in [5.41, 5.74) is -0.786. The number of thioether (sulfide) groups is 1. The van der Waals surface area contributed by atoms with Crippen molar-refractivity contribution in [3.63, 3.8) is 0 Å². The van der Waals surface area contributed by atoms with Gasteiger partial charge in [-0.15, -0.1) is 22.0 Å². The average molecular weight is 387 g/mol. The number of carbonyl (C=O) groups is 2. The molecular formula is C15H12F3N3O4S. The van der Waals surface area contributed by atoms with E-state index < -0.39 is 28.9 Å². The number of anilines is 1. The van der Waals surface area contributed by atoms with Gasteiger partial charge in [0.2, 0.25) is 11.8 Å². The first-order valence-electron chi connectivity index (χ1n) is 7.36. The molecule has 138 valence electrons. The standard InChI is InChI=1S/C15H12F3N3O4S/c1-7-20-21-12(25-7)6-24-13(22)5-11-14(23)19-9-4-8(15(16,17)18)2-3-10(9)26-11/h2-4,11H,5-6H2,1H3,(H,19,23)/t11-/m0/s1. The minimum Gasteiger partial charge on any atom is -0.456 e. The van der Waals surface area contributed by atoms with Gasteiger partial charge in [0.05, 0.1) is 22.9 Å². The van der Waals surface area contributed by atoms with Crippen LogP contribution in [0.4, 0.5) is 18.9 Å². The largest absolute Gasteiger partial charge is 0.456 e. The molecule has 0 radical (unpaired) electrons. The number of aromatic nitrogens is 2. The third kappa shape index (κ3) is 4.15. The lowest BCUT2D eigenvalue weighted by Gasteiger charge is -2.24. The molecule has 0 fully saturated rings. The Morgan fingerprint density at radius 2 is 2.15 bits per heavy atom. The summed E-state index contributed by atoms with van der Waals surface area (Å²) in [5, 5.41) is 8.84. The van der Waals surface area contributed by atoms with Crippen molar-refractivity contribution in [1.29, 1.82) is 0 Å². The number of aryl methyl sites for hydroxylation is 1. The summed E-state index contributed by atoms with van der Waals surface area (Å²) < 4.78 is 48.2. The van der Waals surface area contributed by atoms with Gasteiger partial charge in [-0.2, -0.15) is 13.2 Å². The Bertz CT molecular complexity index is 853. The number of ether oxygens (including phenoxy) is 1. The van der Waals surface area contributed by atoms with E-state index in [9.17, 15) is 22.8 Å². The van der Waals surface area contributed by atoms with Crippen molar-refractivity contribution in [2.24, 2.45) is 0 Å². The van der Waals surface area contributed by atoms with Crippen LogP contribution in [0.5, 0.6) is 0 Å². The number of esters is 1. The smallest absolute Gasteiger partial charge is 0.416 e. The molecule has 7 nitrogen and oxygen atoms in total. The Hall–Kier alpha value is -2.56. The van der Waals surface area contributed by atoms with Crippen molar-refractivity contribution in [1.82, 2.24) is 10.2 Å². The third-order valence-corrected chi connectivity index (χ3v) is 4.68. The van der Waals surface area contributed by atoms with Crippen LogP contribution >= 0.6 is 11.8 Å². The molecule has 2 heterocycles. The highest BCUT2D eigenvalue weighted by molar-refractivity contribution is 8.01. The predicted molar refractivity (Wildman–Crippen MR) is 83.2 cm³/mol. The van der Waals surface area contributed by atoms with E-state index in [-0.39, 0.29) is 24.6 Å². The molecule has 0 unspecified atom stereocenters. The Balaban J connectivity index is 1.62. The lowest BCUT2D eigenvalue weighted by Crippen LogP contribution is -2.31. The Morgan fingerprint density at radius 3 is 2.81 bits per heavy atom. The van der Waals surface area contributed by atoms with Crippen LogP contribution in [-0.4, -0.2) is 27.3 Å². The van der Waals surface area contributed by atoms with Crippen molar-refractivity contribution < 1.29 is 31.9 Å². The van der Waals surface area contributed by atoms with E-state index in [0.29, 0.717) is 10.8 Å². The molecule has 3 rings (SSSR count). The van der Waals surface area contributed by atoms with Gasteiger partial charge in [-0.1, -0.05) is 0 Å². The van der Waals surface area contributed by atoms with E-state index in [1.54, 1.807) is 6.92 Å². The summed E-state index contributed by atoms with van der Waals surface area (Å²) in [6.45, 7) is 1.37. The van der Waals surface area contributed by atoms with Crippen molar-refractivity contribution >= 4 is 29.3 Å². The fourth-order valence-corrected chi connectivity index (χ4v) is 3.28. The van der Waals surface area contributed by atoms with Gasteiger partial charge in [0.25, 0.3) is 5.89 Å². The van der Waals surface area contributed by atoms with Gasteiger partial charge in [-0.3, -0.25) is 9.59 Å². The number of nitrogens with one attached hydrogen (secondary N) is 1. The van der Waals surface area contributed by atoms with E-state index in [1.807, 2.05) is 0 Å². The molecule has 2 aromatic rings. The van der Waals surface area contributed by atoms with E-state index >= 15 is 0 Å². The molecular weight excluding hydrogens is 375 g/mol. The number of benzene rings is 1. The Labute approximate surface area is 149 Å². The highest BCUT2D eigenvalue weighted by atomic mass is 32.2. The van der Waals surface area contributed by atoms with Crippen molar-refractivity contribution in [3.8, 4) is 0 Å². The van der Waals surface area contributed by atoms with Crippen molar-refractivity contribution in [2.45, 2.75) is 36.3 Å². The van der Waals surface area contributed by atoms with Gasteiger partial charge in [0.15, 0.2) is 6.61 Å². The number of rotatable bonds is 4. The van der Waals surface area contributed by atoms with Crippen molar-refractivity contribution in [3.05, 3.63) is 35.5 Å².